The van der Waals surface area contributed by atoms with Gasteiger partial charge in [-0.25, -0.2) is 0 Å². The first-order chi connectivity index (χ1) is 9.00. The molecule has 0 bridgehead atoms. The van der Waals surface area contributed by atoms with Crippen molar-refractivity contribution in [2.75, 3.05) is 11.9 Å². The lowest BCUT2D eigenvalue weighted by atomic mass is 9.84. The quantitative estimate of drug-likeness (QED) is 0.855. The van der Waals surface area contributed by atoms with E-state index in [4.69, 9.17) is 18.0 Å². The highest BCUT2D eigenvalue weighted by Gasteiger charge is 2.25. The largest absolute Gasteiger partial charge is 0.389 e. The molecule has 1 aliphatic carbocycles. The summed E-state index contributed by atoms with van der Waals surface area (Å²) in [6, 6.07) is 6.95. The number of aryl methyl sites for hydroxylation is 1. The van der Waals surface area contributed by atoms with E-state index in [1.165, 1.54) is 36.9 Å². The lowest BCUT2D eigenvalue weighted by Crippen LogP contribution is -2.39. The molecule has 0 aromatic heterocycles. The van der Waals surface area contributed by atoms with Gasteiger partial charge in [-0.1, -0.05) is 32.0 Å². The highest BCUT2D eigenvalue weighted by molar-refractivity contribution is 7.80. The van der Waals surface area contributed by atoms with Crippen LogP contribution in [0.2, 0.25) is 0 Å². The van der Waals surface area contributed by atoms with E-state index >= 15 is 0 Å². The molecule has 1 aliphatic rings. The predicted molar refractivity (Wildman–Crippen MR) is 86.9 cm³/mol. The maximum atomic E-state index is 5.69. The molecule has 2 unspecified atom stereocenters. The molecule has 1 aromatic rings. The van der Waals surface area contributed by atoms with Crippen LogP contribution in [0.4, 0.5) is 5.69 Å². The maximum absolute atomic E-state index is 5.69. The molecule has 1 fully saturated rings. The summed E-state index contributed by atoms with van der Waals surface area (Å²) in [4.78, 5) is 2.92. The molecule has 0 amide bonds. The average Bonchev–Trinajstić information content (AvgIpc) is 2.38. The summed E-state index contributed by atoms with van der Waals surface area (Å²) in [5, 5.41) is 0. The summed E-state index contributed by atoms with van der Waals surface area (Å²) in [6.45, 7) is 4.51. The Morgan fingerprint density at radius 2 is 2.00 bits per heavy atom. The van der Waals surface area contributed by atoms with Crippen molar-refractivity contribution in [2.24, 2.45) is 11.7 Å². The van der Waals surface area contributed by atoms with Gasteiger partial charge in [0, 0.05) is 24.3 Å². The van der Waals surface area contributed by atoms with Gasteiger partial charge < -0.3 is 10.6 Å². The van der Waals surface area contributed by atoms with Gasteiger partial charge >= 0.3 is 0 Å². The van der Waals surface area contributed by atoms with Gasteiger partial charge in [0.05, 0.1) is 0 Å². The summed E-state index contributed by atoms with van der Waals surface area (Å²) in [5.41, 5.74) is 9.21. The fourth-order valence-electron chi connectivity index (χ4n) is 3.26. The molecule has 0 heterocycles. The third-order valence-electron chi connectivity index (χ3n) is 4.42. The molecule has 3 heteroatoms. The first-order valence-corrected chi connectivity index (χ1v) is 7.55. The second-order valence-corrected chi connectivity index (χ2v) is 6.25. The minimum absolute atomic E-state index is 0.475. The van der Waals surface area contributed by atoms with Gasteiger partial charge in [0.2, 0.25) is 0 Å². The van der Waals surface area contributed by atoms with Gasteiger partial charge in [-0.3, -0.25) is 0 Å². The van der Waals surface area contributed by atoms with E-state index in [-0.39, 0.29) is 0 Å². The summed E-state index contributed by atoms with van der Waals surface area (Å²) in [5.74, 6) is 0.772. The zero-order valence-electron chi connectivity index (χ0n) is 12.1. The fraction of sp³-hybridized carbons (Fsp3) is 0.562. The zero-order chi connectivity index (χ0) is 14.0. The third-order valence-corrected chi connectivity index (χ3v) is 4.66. The number of benzene rings is 1. The number of hydrogen-bond acceptors (Lipinski definition) is 2. The van der Waals surface area contributed by atoms with Crippen molar-refractivity contribution in [1.29, 1.82) is 0 Å². The molecule has 0 saturated heterocycles. The van der Waals surface area contributed by atoms with Crippen LogP contribution in [0.3, 0.4) is 0 Å². The SMILES string of the molecule is Cc1cc(C(N)=S)ccc1N(C)C1CCCCC1C. The second-order valence-electron chi connectivity index (χ2n) is 5.81. The van der Waals surface area contributed by atoms with Crippen LogP contribution in [-0.2, 0) is 0 Å². The van der Waals surface area contributed by atoms with E-state index in [0.717, 1.165) is 11.5 Å². The van der Waals surface area contributed by atoms with Crippen molar-refractivity contribution >= 4 is 22.9 Å². The minimum Gasteiger partial charge on any atom is -0.389 e. The molecule has 1 saturated carbocycles. The predicted octanol–water partition coefficient (Wildman–Crippen LogP) is 3.64. The Hall–Kier alpha value is -1.09. The van der Waals surface area contributed by atoms with E-state index in [0.29, 0.717) is 11.0 Å². The Morgan fingerprint density at radius 1 is 1.32 bits per heavy atom. The normalized spacial score (nSPS) is 23.1. The average molecular weight is 276 g/mol. The van der Waals surface area contributed by atoms with Crippen LogP contribution >= 0.6 is 12.2 Å². The Kier molecular flexibility index (Phi) is 4.46. The van der Waals surface area contributed by atoms with Crippen molar-refractivity contribution in [2.45, 2.75) is 45.6 Å². The number of nitrogens with two attached hydrogens (primary N) is 1. The van der Waals surface area contributed by atoms with Gasteiger partial charge in [0.15, 0.2) is 0 Å². The van der Waals surface area contributed by atoms with Gasteiger partial charge in [0.25, 0.3) is 0 Å². The van der Waals surface area contributed by atoms with Crippen molar-refractivity contribution in [3.05, 3.63) is 29.3 Å². The standard InChI is InChI=1S/C16H24N2S/c1-11-6-4-5-7-14(11)18(3)15-9-8-13(16(17)19)10-12(15)2/h8-11,14H,4-7H2,1-3H3,(H2,17,19). The topological polar surface area (TPSA) is 29.3 Å². The number of anilines is 1. The second kappa shape index (κ2) is 5.91. The first kappa shape index (κ1) is 14.3. The first-order valence-electron chi connectivity index (χ1n) is 7.14. The maximum Gasteiger partial charge on any atom is 0.103 e. The molecular formula is C16H24N2S. The molecule has 0 aliphatic heterocycles. The fourth-order valence-corrected chi connectivity index (χ4v) is 3.38. The van der Waals surface area contributed by atoms with Gasteiger partial charge in [-0.05, 0) is 49.4 Å². The number of nitrogens with zero attached hydrogens (tertiary/aromatic N) is 1. The van der Waals surface area contributed by atoms with Crippen molar-refractivity contribution in [1.82, 2.24) is 0 Å². The van der Waals surface area contributed by atoms with E-state index in [1.54, 1.807) is 0 Å². The smallest absolute Gasteiger partial charge is 0.103 e. The molecule has 104 valence electrons. The molecule has 1 aromatic carbocycles. The van der Waals surface area contributed by atoms with E-state index in [2.05, 4.69) is 37.9 Å². The van der Waals surface area contributed by atoms with Crippen LogP contribution in [0.5, 0.6) is 0 Å². The Bertz CT molecular complexity index is 470. The number of rotatable bonds is 3. The van der Waals surface area contributed by atoms with Crippen LogP contribution < -0.4 is 10.6 Å². The van der Waals surface area contributed by atoms with Crippen molar-refractivity contribution in [3.63, 3.8) is 0 Å². The highest BCUT2D eigenvalue weighted by atomic mass is 32.1. The van der Waals surface area contributed by atoms with E-state index in [9.17, 15) is 0 Å². The number of hydrogen-bond donors (Lipinski definition) is 1. The molecule has 19 heavy (non-hydrogen) atoms. The molecule has 2 N–H and O–H groups in total. The monoisotopic (exact) mass is 276 g/mol. The van der Waals surface area contributed by atoms with Crippen molar-refractivity contribution in [3.8, 4) is 0 Å². The minimum atomic E-state index is 0.475. The summed E-state index contributed by atoms with van der Waals surface area (Å²) < 4.78 is 0. The van der Waals surface area contributed by atoms with Crippen molar-refractivity contribution < 1.29 is 0 Å². The molecule has 2 nitrogen and oxygen atoms in total. The summed E-state index contributed by atoms with van der Waals surface area (Å²) in [7, 11) is 2.22. The highest BCUT2D eigenvalue weighted by Crippen LogP contribution is 2.32. The Balaban J connectivity index is 2.23. The van der Waals surface area contributed by atoms with Gasteiger partial charge in [-0.2, -0.15) is 0 Å². The van der Waals surface area contributed by atoms with Crippen LogP contribution in [0.15, 0.2) is 18.2 Å². The lowest BCUT2D eigenvalue weighted by Gasteiger charge is -2.38. The zero-order valence-corrected chi connectivity index (χ0v) is 13.0. The van der Waals surface area contributed by atoms with E-state index < -0.39 is 0 Å². The van der Waals surface area contributed by atoms with Crippen LogP contribution in [0, 0.1) is 12.8 Å². The third kappa shape index (κ3) is 3.08. The molecule has 0 spiro atoms. The number of thiocarbonyl (C=S) groups is 1. The van der Waals surface area contributed by atoms with Gasteiger partial charge in [-0.15, -0.1) is 0 Å². The Labute approximate surface area is 122 Å². The molecular weight excluding hydrogens is 252 g/mol. The molecule has 2 rings (SSSR count). The van der Waals surface area contributed by atoms with Crippen LogP contribution in [0.25, 0.3) is 0 Å². The molecule has 0 radical (unpaired) electrons. The Morgan fingerprint density at radius 3 is 2.58 bits per heavy atom. The molecule has 2 atom stereocenters. The summed E-state index contributed by atoms with van der Waals surface area (Å²) in [6.07, 6.45) is 5.38. The van der Waals surface area contributed by atoms with Crippen LogP contribution in [-0.4, -0.2) is 18.1 Å². The van der Waals surface area contributed by atoms with E-state index in [1.807, 2.05) is 6.07 Å². The van der Waals surface area contributed by atoms with Gasteiger partial charge in [0.1, 0.15) is 4.99 Å². The van der Waals surface area contributed by atoms with Crippen LogP contribution in [0.1, 0.15) is 43.7 Å². The summed E-state index contributed by atoms with van der Waals surface area (Å²) >= 11 is 5.04. The lowest BCUT2D eigenvalue weighted by molar-refractivity contribution is 0.321.